The molecule has 0 aliphatic heterocycles. The summed E-state index contributed by atoms with van der Waals surface area (Å²) in [6.45, 7) is 3.98. The van der Waals surface area contributed by atoms with E-state index in [1.807, 2.05) is 62.2 Å². The molecule has 1 heterocycles. The van der Waals surface area contributed by atoms with Gasteiger partial charge in [-0.05, 0) is 37.1 Å². The third-order valence-electron chi connectivity index (χ3n) is 3.37. The summed E-state index contributed by atoms with van der Waals surface area (Å²) in [6, 6.07) is 12.1. The van der Waals surface area contributed by atoms with Crippen LogP contribution in [0.5, 0.6) is 0 Å². The van der Waals surface area contributed by atoms with Gasteiger partial charge in [-0.15, -0.1) is 0 Å². The molecule has 100 valence electrons. The molecule has 0 aliphatic carbocycles. The van der Waals surface area contributed by atoms with Crippen LogP contribution in [0.1, 0.15) is 30.6 Å². The molecule has 0 bridgehead atoms. The van der Waals surface area contributed by atoms with Gasteiger partial charge in [0.15, 0.2) is 0 Å². The molecule has 0 radical (unpaired) electrons. The second kappa shape index (κ2) is 5.85. The molecule has 1 aromatic carbocycles. The van der Waals surface area contributed by atoms with Crippen molar-refractivity contribution < 1.29 is 5.11 Å². The number of aliphatic hydroxyl groups is 1. The zero-order valence-corrected chi connectivity index (χ0v) is 11.7. The Hall–Kier alpha value is -1.87. The van der Waals surface area contributed by atoms with Crippen molar-refractivity contribution in [1.29, 1.82) is 0 Å². The Bertz CT molecular complexity index is 540. The van der Waals surface area contributed by atoms with Crippen LogP contribution in [0, 0.1) is 6.92 Å². The Labute approximate surface area is 114 Å². The fourth-order valence-corrected chi connectivity index (χ4v) is 2.09. The number of aryl methyl sites for hydroxylation is 1. The van der Waals surface area contributed by atoms with Gasteiger partial charge in [-0.3, -0.25) is 0 Å². The van der Waals surface area contributed by atoms with Crippen molar-refractivity contribution in [3.05, 3.63) is 53.7 Å². The molecular formula is C16H20N2O. The quantitative estimate of drug-likeness (QED) is 0.908. The first-order valence-electron chi connectivity index (χ1n) is 6.57. The minimum atomic E-state index is -0.427. The molecule has 1 aromatic heterocycles. The number of anilines is 2. The smallest absolute Gasteiger partial charge is 0.132 e. The van der Waals surface area contributed by atoms with E-state index in [4.69, 9.17) is 0 Å². The first kappa shape index (κ1) is 13.6. The van der Waals surface area contributed by atoms with Crippen molar-refractivity contribution in [2.24, 2.45) is 0 Å². The largest absolute Gasteiger partial charge is 0.388 e. The molecule has 0 amide bonds. The Morgan fingerprint density at radius 2 is 1.95 bits per heavy atom. The van der Waals surface area contributed by atoms with E-state index in [9.17, 15) is 5.11 Å². The van der Waals surface area contributed by atoms with Crippen molar-refractivity contribution >= 4 is 11.5 Å². The van der Waals surface area contributed by atoms with Gasteiger partial charge in [-0.2, -0.15) is 0 Å². The first-order valence-corrected chi connectivity index (χ1v) is 6.57. The summed E-state index contributed by atoms with van der Waals surface area (Å²) in [4.78, 5) is 6.49. The Balaban J connectivity index is 2.30. The standard InChI is InChI=1S/C16H20N2O/c1-4-15(19)14-11-17-16(10-12(14)2)18(3)13-8-6-5-7-9-13/h5-11,15,19H,4H2,1-3H3/t15-/m0/s1. The first-order chi connectivity index (χ1) is 9.13. The highest BCUT2D eigenvalue weighted by atomic mass is 16.3. The number of rotatable bonds is 4. The molecule has 1 atom stereocenters. The number of aliphatic hydroxyl groups excluding tert-OH is 1. The van der Waals surface area contributed by atoms with Crippen molar-refractivity contribution in [1.82, 2.24) is 4.98 Å². The Morgan fingerprint density at radius 1 is 1.26 bits per heavy atom. The van der Waals surface area contributed by atoms with Crippen LogP contribution in [-0.4, -0.2) is 17.1 Å². The van der Waals surface area contributed by atoms with Crippen LogP contribution in [0.15, 0.2) is 42.6 Å². The number of hydrogen-bond acceptors (Lipinski definition) is 3. The lowest BCUT2D eigenvalue weighted by Gasteiger charge is -2.20. The highest BCUT2D eigenvalue weighted by molar-refractivity contribution is 5.59. The topological polar surface area (TPSA) is 36.4 Å². The maximum Gasteiger partial charge on any atom is 0.132 e. The van der Waals surface area contributed by atoms with Gasteiger partial charge in [0.25, 0.3) is 0 Å². The predicted molar refractivity (Wildman–Crippen MR) is 78.7 cm³/mol. The SMILES string of the molecule is CC[C@H](O)c1cnc(N(C)c2ccccc2)cc1C. The second-order valence-corrected chi connectivity index (χ2v) is 4.72. The minimum absolute atomic E-state index is 0.427. The molecule has 0 spiro atoms. The van der Waals surface area contributed by atoms with E-state index in [2.05, 4.69) is 4.98 Å². The van der Waals surface area contributed by atoms with Crippen molar-refractivity contribution in [2.75, 3.05) is 11.9 Å². The number of benzene rings is 1. The van der Waals surface area contributed by atoms with E-state index < -0.39 is 6.10 Å². The third kappa shape index (κ3) is 2.93. The zero-order valence-electron chi connectivity index (χ0n) is 11.7. The van der Waals surface area contributed by atoms with Crippen LogP contribution < -0.4 is 4.90 Å². The van der Waals surface area contributed by atoms with Gasteiger partial charge in [-0.1, -0.05) is 25.1 Å². The van der Waals surface area contributed by atoms with E-state index in [0.29, 0.717) is 6.42 Å². The summed E-state index contributed by atoms with van der Waals surface area (Å²) in [6.07, 6.45) is 2.05. The predicted octanol–water partition coefficient (Wildman–Crippen LogP) is 3.60. The summed E-state index contributed by atoms with van der Waals surface area (Å²) in [5.41, 5.74) is 3.08. The molecule has 0 fully saturated rings. The van der Waals surface area contributed by atoms with E-state index in [0.717, 1.165) is 22.6 Å². The molecule has 1 N–H and O–H groups in total. The highest BCUT2D eigenvalue weighted by Crippen LogP contribution is 2.26. The van der Waals surface area contributed by atoms with Gasteiger partial charge >= 0.3 is 0 Å². The minimum Gasteiger partial charge on any atom is -0.388 e. The lowest BCUT2D eigenvalue weighted by Crippen LogP contribution is -2.12. The Morgan fingerprint density at radius 3 is 2.53 bits per heavy atom. The lowest BCUT2D eigenvalue weighted by atomic mass is 10.0. The monoisotopic (exact) mass is 256 g/mol. The van der Waals surface area contributed by atoms with E-state index in [-0.39, 0.29) is 0 Å². The normalized spacial score (nSPS) is 12.2. The molecule has 2 aromatic rings. The number of hydrogen-bond donors (Lipinski definition) is 1. The fraction of sp³-hybridized carbons (Fsp3) is 0.312. The number of aromatic nitrogens is 1. The molecule has 3 nitrogen and oxygen atoms in total. The summed E-state index contributed by atoms with van der Waals surface area (Å²) in [5, 5.41) is 9.90. The van der Waals surface area contributed by atoms with E-state index in [1.165, 1.54) is 0 Å². The second-order valence-electron chi connectivity index (χ2n) is 4.72. The molecule has 0 saturated carbocycles. The molecule has 2 rings (SSSR count). The summed E-state index contributed by atoms with van der Waals surface area (Å²) < 4.78 is 0. The van der Waals surface area contributed by atoms with E-state index >= 15 is 0 Å². The molecule has 0 aliphatic rings. The molecular weight excluding hydrogens is 236 g/mol. The number of pyridine rings is 1. The number of para-hydroxylation sites is 1. The average molecular weight is 256 g/mol. The molecule has 3 heteroatoms. The lowest BCUT2D eigenvalue weighted by molar-refractivity contribution is 0.172. The fourth-order valence-electron chi connectivity index (χ4n) is 2.09. The van der Waals surface area contributed by atoms with Crippen LogP contribution in [0.2, 0.25) is 0 Å². The van der Waals surface area contributed by atoms with Gasteiger partial charge < -0.3 is 10.0 Å². The maximum absolute atomic E-state index is 9.90. The van der Waals surface area contributed by atoms with Gasteiger partial charge in [-0.25, -0.2) is 4.98 Å². The van der Waals surface area contributed by atoms with E-state index in [1.54, 1.807) is 6.20 Å². The van der Waals surface area contributed by atoms with Crippen LogP contribution in [0.25, 0.3) is 0 Å². The van der Waals surface area contributed by atoms with Gasteiger partial charge in [0, 0.05) is 24.5 Å². The van der Waals surface area contributed by atoms with Crippen molar-refractivity contribution in [3.8, 4) is 0 Å². The maximum atomic E-state index is 9.90. The van der Waals surface area contributed by atoms with Gasteiger partial charge in [0.2, 0.25) is 0 Å². The third-order valence-corrected chi connectivity index (χ3v) is 3.37. The van der Waals surface area contributed by atoms with Gasteiger partial charge in [0.1, 0.15) is 5.82 Å². The molecule has 19 heavy (non-hydrogen) atoms. The number of nitrogens with zero attached hydrogens (tertiary/aromatic N) is 2. The van der Waals surface area contributed by atoms with Crippen LogP contribution >= 0.6 is 0 Å². The molecule has 0 saturated heterocycles. The summed E-state index contributed by atoms with van der Waals surface area (Å²) >= 11 is 0. The zero-order chi connectivity index (χ0) is 13.8. The highest BCUT2D eigenvalue weighted by Gasteiger charge is 2.11. The Kier molecular flexibility index (Phi) is 4.17. The van der Waals surface area contributed by atoms with Crippen molar-refractivity contribution in [2.45, 2.75) is 26.4 Å². The molecule has 0 unspecified atom stereocenters. The van der Waals surface area contributed by atoms with Crippen LogP contribution in [-0.2, 0) is 0 Å². The van der Waals surface area contributed by atoms with Gasteiger partial charge in [0.05, 0.1) is 6.10 Å². The average Bonchev–Trinajstić information content (AvgIpc) is 2.46. The van der Waals surface area contributed by atoms with Crippen LogP contribution in [0.4, 0.5) is 11.5 Å². The summed E-state index contributed by atoms with van der Waals surface area (Å²) in [7, 11) is 1.99. The van der Waals surface area contributed by atoms with Crippen LogP contribution in [0.3, 0.4) is 0 Å². The van der Waals surface area contributed by atoms with Crippen molar-refractivity contribution in [3.63, 3.8) is 0 Å². The summed E-state index contributed by atoms with van der Waals surface area (Å²) in [5.74, 6) is 0.885.